The van der Waals surface area contributed by atoms with E-state index in [9.17, 15) is 14.4 Å². The van der Waals surface area contributed by atoms with Gasteiger partial charge in [-0.15, -0.1) is 0 Å². The summed E-state index contributed by atoms with van der Waals surface area (Å²) in [5.74, 6) is 0.948. The molecule has 4 amide bonds. The van der Waals surface area contributed by atoms with E-state index >= 15 is 0 Å². The maximum atomic E-state index is 13.5. The van der Waals surface area contributed by atoms with Crippen LogP contribution in [0.15, 0.2) is 66.7 Å². The second-order valence-electron chi connectivity index (χ2n) is 12.4. The van der Waals surface area contributed by atoms with Crippen LogP contribution in [0, 0.1) is 0 Å². The average Bonchev–Trinajstić information content (AvgIpc) is 3.54. The molecule has 3 aromatic carbocycles. The third kappa shape index (κ3) is 9.37. The number of para-hydroxylation sites is 2. The number of carbonyl (C=O) groups excluding carboxylic acids is 3. The molecule has 0 saturated carbocycles. The quantitative estimate of drug-likeness (QED) is 0.232. The normalized spacial score (nSPS) is 14.3. The van der Waals surface area contributed by atoms with Crippen LogP contribution in [0.2, 0.25) is 0 Å². The van der Waals surface area contributed by atoms with Crippen molar-refractivity contribution in [2.75, 3.05) is 55.3 Å². The Morgan fingerprint density at radius 1 is 0.848 bits per heavy atom. The number of hydrogen-bond donors (Lipinski definition) is 3. The lowest BCUT2D eigenvalue weighted by atomic mass is 10.1. The standard InChI is InChI=1S/C35H43N5O6/c1-35(2,3)46-34(43)38-29-10-5-4-9-28(29)37-32(41)26-13-11-25(12-14-26)24-40(20-8-19-39-17-6-7-18-39)33(42)36-27-15-16-30-31(23-27)45-22-21-44-30/h4-5,9-16,23H,6-8,17-22,24H2,1-3H3,(H,36,42)(H,37,41)(H,38,43). The first-order chi connectivity index (χ1) is 22.1. The molecule has 0 bridgehead atoms. The van der Waals surface area contributed by atoms with Gasteiger partial charge in [-0.2, -0.15) is 0 Å². The molecule has 0 atom stereocenters. The smallest absolute Gasteiger partial charge is 0.412 e. The van der Waals surface area contributed by atoms with Crippen molar-refractivity contribution in [2.24, 2.45) is 0 Å². The van der Waals surface area contributed by atoms with Gasteiger partial charge in [0.15, 0.2) is 11.5 Å². The Kier molecular flexibility index (Phi) is 10.6. The predicted octanol–water partition coefficient (Wildman–Crippen LogP) is 6.58. The summed E-state index contributed by atoms with van der Waals surface area (Å²) in [6.45, 7) is 10.4. The van der Waals surface area contributed by atoms with Crippen LogP contribution in [0.5, 0.6) is 11.5 Å². The van der Waals surface area contributed by atoms with Crippen LogP contribution >= 0.6 is 0 Å². The van der Waals surface area contributed by atoms with Crippen molar-refractivity contribution in [3.63, 3.8) is 0 Å². The van der Waals surface area contributed by atoms with Gasteiger partial charge in [0.05, 0.1) is 11.4 Å². The number of carbonyl (C=O) groups is 3. The number of rotatable bonds is 10. The van der Waals surface area contributed by atoms with E-state index in [4.69, 9.17) is 14.2 Å². The summed E-state index contributed by atoms with van der Waals surface area (Å²) in [4.78, 5) is 43.2. The summed E-state index contributed by atoms with van der Waals surface area (Å²) in [5, 5.41) is 8.58. The molecule has 0 radical (unpaired) electrons. The summed E-state index contributed by atoms with van der Waals surface area (Å²) in [5.41, 5.74) is 2.18. The lowest BCUT2D eigenvalue weighted by Crippen LogP contribution is -2.36. The number of benzene rings is 3. The fraction of sp³-hybridized carbons (Fsp3) is 0.400. The Bertz CT molecular complexity index is 1510. The molecule has 0 spiro atoms. The number of fused-ring (bicyclic) bond motifs is 1. The van der Waals surface area contributed by atoms with Crippen LogP contribution in [-0.4, -0.2) is 72.8 Å². The van der Waals surface area contributed by atoms with Crippen LogP contribution in [0.25, 0.3) is 0 Å². The van der Waals surface area contributed by atoms with Crippen molar-refractivity contribution in [2.45, 2.75) is 52.2 Å². The Balaban J connectivity index is 1.23. The van der Waals surface area contributed by atoms with E-state index in [1.165, 1.54) is 12.8 Å². The van der Waals surface area contributed by atoms with Gasteiger partial charge in [-0.25, -0.2) is 9.59 Å². The molecule has 46 heavy (non-hydrogen) atoms. The number of likely N-dealkylation sites (tertiary alicyclic amines) is 1. The molecule has 2 heterocycles. The monoisotopic (exact) mass is 629 g/mol. The second-order valence-corrected chi connectivity index (χ2v) is 12.4. The first kappa shape index (κ1) is 32.6. The molecule has 0 unspecified atom stereocenters. The third-order valence-electron chi connectivity index (χ3n) is 7.58. The Labute approximate surface area is 270 Å². The summed E-state index contributed by atoms with van der Waals surface area (Å²) in [6, 6.07) is 19.3. The molecular weight excluding hydrogens is 586 g/mol. The van der Waals surface area contributed by atoms with Crippen LogP contribution in [-0.2, 0) is 11.3 Å². The molecule has 244 valence electrons. The number of anilines is 3. The minimum Gasteiger partial charge on any atom is -0.486 e. The van der Waals surface area contributed by atoms with Crippen molar-refractivity contribution >= 4 is 35.1 Å². The van der Waals surface area contributed by atoms with Gasteiger partial charge < -0.3 is 34.6 Å². The van der Waals surface area contributed by atoms with Gasteiger partial charge in [-0.3, -0.25) is 10.1 Å². The topological polar surface area (TPSA) is 121 Å². The number of nitrogens with one attached hydrogen (secondary N) is 3. The summed E-state index contributed by atoms with van der Waals surface area (Å²) in [7, 11) is 0. The van der Waals surface area contributed by atoms with Crippen molar-refractivity contribution in [1.82, 2.24) is 9.80 Å². The van der Waals surface area contributed by atoms with Gasteiger partial charge in [0, 0.05) is 30.4 Å². The van der Waals surface area contributed by atoms with Crippen LogP contribution in [0.3, 0.4) is 0 Å². The predicted molar refractivity (Wildman–Crippen MR) is 178 cm³/mol. The summed E-state index contributed by atoms with van der Waals surface area (Å²) in [6.07, 6.45) is 2.69. The highest BCUT2D eigenvalue weighted by Crippen LogP contribution is 2.32. The van der Waals surface area contributed by atoms with Crippen molar-refractivity contribution in [1.29, 1.82) is 0 Å². The van der Waals surface area contributed by atoms with E-state index in [2.05, 4.69) is 20.9 Å². The molecule has 11 nitrogen and oxygen atoms in total. The third-order valence-corrected chi connectivity index (χ3v) is 7.58. The van der Waals surface area contributed by atoms with Crippen LogP contribution < -0.4 is 25.4 Å². The van der Waals surface area contributed by atoms with Gasteiger partial charge >= 0.3 is 12.1 Å². The van der Waals surface area contributed by atoms with Gasteiger partial charge in [-0.05, 0) is 102 Å². The molecule has 3 aromatic rings. The molecule has 2 aliphatic rings. The van der Waals surface area contributed by atoms with Gasteiger partial charge in [-0.1, -0.05) is 24.3 Å². The average molecular weight is 630 g/mol. The molecule has 0 aliphatic carbocycles. The van der Waals surface area contributed by atoms with Gasteiger partial charge in [0.25, 0.3) is 5.91 Å². The fourth-order valence-corrected chi connectivity index (χ4v) is 5.36. The van der Waals surface area contributed by atoms with E-state index in [-0.39, 0.29) is 11.9 Å². The van der Waals surface area contributed by atoms with Crippen LogP contribution in [0.1, 0.15) is 56.0 Å². The number of hydrogen-bond acceptors (Lipinski definition) is 7. The summed E-state index contributed by atoms with van der Waals surface area (Å²) < 4.78 is 16.6. The largest absolute Gasteiger partial charge is 0.486 e. The SMILES string of the molecule is CC(C)(C)OC(=O)Nc1ccccc1NC(=O)c1ccc(CN(CCCN2CCCC2)C(=O)Nc2ccc3c(c2)OCCO3)cc1. The molecule has 0 aromatic heterocycles. The Morgan fingerprint density at radius 3 is 2.22 bits per heavy atom. The molecule has 11 heteroatoms. The minimum atomic E-state index is -0.653. The highest BCUT2D eigenvalue weighted by atomic mass is 16.6. The van der Waals surface area contributed by atoms with E-state index in [0.29, 0.717) is 60.4 Å². The highest BCUT2D eigenvalue weighted by Gasteiger charge is 2.20. The second kappa shape index (κ2) is 15.0. The minimum absolute atomic E-state index is 0.214. The van der Waals surface area contributed by atoms with Crippen molar-refractivity contribution in [3.8, 4) is 11.5 Å². The number of nitrogens with zero attached hydrogens (tertiary/aromatic N) is 2. The zero-order valence-electron chi connectivity index (χ0n) is 26.8. The van der Waals surface area contributed by atoms with E-state index in [1.54, 1.807) is 74.2 Å². The maximum absolute atomic E-state index is 13.5. The molecular formula is C35H43N5O6. The van der Waals surface area contributed by atoms with E-state index in [0.717, 1.165) is 31.6 Å². The molecule has 5 rings (SSSR count). The Morgan fingerprint density at radius 2 is 1.52 bits per heavy atom. The van der Waals surface area contributed by atoms with Crippen molar-refractivity contribution in [3.05, 3.63) is 77.9 Å². The Hall–Kier alpha value is -4.77. The lowest BCUT2D eigenvalue weighted by molar-refractivity contribution is 0.0635. The number of urea groups is 1. The highest BCUT2D eigenvalue weighted by molar-refractivity contribution is 6.06. The van der Waals surface area contributed by atoms with Gasteiger partial charge in [0.2, 0.25) is 0 Å². The lowest BCUT2D eigenvalue weighted by Gasteiger charge is -2.25. The zero-order valence-corrected chi connectivity index (χ0v) is 26.8. The fourth-order valence-electron chi connectivity index (χ4n) is 5.36. The number of amides is 4. The molecule has 2 aliphatic heterocycles. The first-order valence-electron chi connectivity index (χ1n) is 15.8. The molecule has 3 N–H and O–H groups in total. The van der Waals surface area contributed by atoms with E-state index < -0.39 is 11.7 Å². The summed E-state index contributed by atoms with van der Waals surface area (Å²) >= 11 is 0. The molecule has 1 fully saturated rings. The first-order valence-corrected chi connectivity index (χ1v) is 15.8. The van der Waals surface area contributed by atoms with Crippen LogP contribution in [0.4, 0.5) is 26.7 Å². The molecule has 1 saturated heterocycles. The van der Waals surface area contributed by atoms with E-state index in [1.807, 2.05) is 18.2 Å². The van der Waals surface area contributed by atoms with Gasteiger partial charge in [0.1, 0.15) is 18.8 Å². The maximum Gasteiger partial charge on any atom is 0.412 e. The zero-order chi connectivity index (χ0) is 32.5. The van der Waals surface area contributed by atoms with Crippen molar-refractivity contribution < 1.29 is 28.6 Å². The number of ether oxygens (including phenoxy) is 3.